The highest BCUT2D eigenvalue weighted by molar-refractivity contribution is 7.11. The Labute approximate surface area is 204 Å². The van der Waals surface area contributed by atoms with Crippen molar-refractivity contribution >= 4 is 34.2 Å². The largest absolute Gasteiger partial charge is 0.481 e. The molecule has 34 heavy (non-hydrogen) atoms. The number of rotatable bonds is 7. The highest BCUT2D eigenvalue weighted by atomic mass is 32.1. The molecule has 182 valence electrons. The summed E-state index contributed by atoms with van der Waals surface area (Å²) in [6.45, 7) is 14.1. The van der Waals surface area contributed by atoms with E-state index >= 15 is 0 Å². The zero-order valence-corrected chi connectivity index (χ0v) is 21.8. The van der Waals surface area contributed by atoms with Crippen molar-refractivity contribution in [2.24, 2.45) is 5.41 Å². The lowest BCUT2D eigenvalue weighted by Gasteiger charge is -2.30. The van der Waals surface area contributed by atoms with Crippen molar-refractivity contribution in [1.29, 1.82) is 0 Å². The summed E-state index contributed by atoms with van der Waals surface area (Å²) >= 11 is 1.71. The average molecular weight is 483 g/mol. The molecule has 1 aliphatic rings. The van der Waals surface area contributed by atoms with Crippen LogP contribution in [0.3, 0.4) is 0 Å². The van der Waals surface area contributed by atoms with Crippen LogP contribution >= 0.6 is 11.3 Å². The van der Waals surface area contributed by atoms with Crippen molar-refractivity contribution in [3.8, 4) is 0 Å². The molecule has 4 rings (SSSR count). The molecule has 8 heteroatoms. The number of carboxylic acid groups (broad SMARTS) is 1. The van der Waals surface area contributed by atoms with E-state index in [9.17, 15) is 9.59 Å². The minimum Gasteiger partial charge on any atom is -0.481 e. The number of hydrogen-bond acceptors (Lipinski definition) is 5. The van der Waals surface area contributed by atoms with Crippen molar-refractivity contribution in [2.75, 3.05) is 6.54 Å². The Bertz CT molecular complexity index is 1270. The lowest BCUT2D eigenvalue weighted by molar-refractivity contribution is -0.140. The van der Waals surface area contributed by atoms with E-state index in [0.29, 0.717) is 32.5 Å². The normalized spacial score (nSPS) is 14.0. The molecule has 3 aromatic heterocycles. The molecule has 0 saturated carbocycles. The number of aliphatic carboxylic acids is 1. The zero-order chi connectivity index (χ0) is 24.8. The van der Waals surface area contributed by atoms with Gasteiger partial charge in [0.2, 0.25) is 5.91 Å². The third kappa shape index (κ3) is 4.73. The molecule has 4 heterocycles. The first kappa shape index (κ1) is 24.4. The van der Waals surface area contributed by atoms with Crippen molar-refractivity contribution < 1.29 is 14.7 Å². The maximum atomic E-state index is 13.1. The number of amides is 1. The third-order valence-electron chi connectivity index (χ3n) is 7.08. The Balaban J connectivity index is 1.66. The van der Waals surface area contributed by atoms with Crippen LogP contribution in [0.15, 0.2) is 6.20 Å². The number of nitrogens with zero attached hydrogens (tertiary/aromatic N) is 4. The first-order valence-electron chi connectivity index (χ1n) is 11.9. The fourth-order valence-electron chi connectivity index (χ4n) is 4.99. The second-order valence-electron chi connectivity index (χ2n) is 10.3. The predicted molar refractivity (Wildman–Crippen MR) is 134 cm³/mol. The Morgan fingerprint density at radius 1 is 1.21 bits per heavy atom. The zero-order valence-electron chi connectivity index (χ0n) is 21.0. The van der Waals surface area contributed by atoms with Crippen molar-refractivity contribution in [3.05, 3.63) is 44.2 Å². The predicted octanol–water partition coefficient (Wildman–Crippen LogP) is 4.94. The van der Waals surface area contributed by atoms with Gasteiger partial charge in [0.25, 0.3) is 0 Å². The number of aromatic nitrogens is 3. The van der Waals surface area contributed by atoms with Crippen LogP contribution in [0.25, 0.3) is 11.0 Å². The van der Waals surface area contributed by atoms with Gasteiger partial charge in [-0.1, -0.05) is 13.8 Å². The first-order valence-corrected chi connectivity index (χ1v) is 12.7. The Hall–Kier alpha value is -2.74. The van der Waals surface area contributed by atoms with Gasteiger partial charge in [0, 0.05) is 35.1 Å². The van der Waals surface area contributed by atoms with Gasteiger partial charge in [-0.2, -0.15) is 0 Å². The van der Waals surface area contributed by atoms with Gasteiger partial charge in [0.1, 0.15) is 5.65 Å². The molecule has 0 aliphatic carbocycles. The smallest absolute Gasteiger partial charge is 0.303 e. The van der Waals surface area contributed by atoms with Crippen LogP contribution in [0.5, 0.6) is 0 Å². The second kappa shape index (κ2) is 9.13. The summed E-state index contributed by atoms with van der Waals surface area (Å²) in [5, 5.41) is 11.4. The number of hydrogen-bond donors (Lipinski definition) is 1. The van der Waals surface area contributed by atoms with Crippen LogP contribution in [0, 0.1) is 33.1 Å². The van der Waals surface area contributed by atoms with E-state index < -0.39 is 11.4 Å². The maximum absolute atomic E-state index is 13.1. The first-order chi connectivity index (χ1) is 16.0. The number of fused-ring (bicyclic) bond motifs is 3. The standard InChI is InChI=1S/C26H34N4O3S/c1-15-12-27-25-24(16(15)2)19-8-10-29(22(31)7-9-26(5,6)11-23(32)33)14-21(19)30(25)13-20-17(3)34-18(4)28-20/h12H,7-11,13-14H2,1-6H3,(H,32,33). The van der Waals surface area contributed by atoms with E-state index in [4.69, 9.17) is 15.1 Å². The van der Waals surface area contributed by atoms with Gasteiger partial charge < -0.3 is 14.6 Å². The number of carbonyl (C=O) groups is 2. The molecule has 0 spiro atoms. The molecule has 0 aromatic carbocycles. The lowest BCUT2D eigenvalue weighted by atomic mass is 9.84. The summed E-state index contributed by atoms with van der Waals surface area (Å²) < 4.78 is 2.26. The Kier molecular flexibility index (Phi) is 6.55. The Morgan fingerprint density at radius 3 is 2.59 bits per heavy atom. The van der Waals surface area contributed by atoms with E-state index in [-0.39, 0.29) is 12.3 Å². The molecule has 1 N–H and O–H groups in total. The summed E-state index contributed by atoms with van der Waals surface area (Å²) in [5.74, 6) is -0.738. The lowest BCUT2D eigenvalue weighted by Crippen LogP contribution is -2.37. The summed E-state index contributed by atoms with van der Waals surface area (Å²) in [7, 11) is 0. The molecule has 3 aromatic rings. The van der Waals surface area contributed by atoms with Crippen LogP contribution in [-0.2, 0) is 29.1 Å². The minimum absolute atomic E-state index is 0.0649. The Morgan fingerprint density at radius 2 is 1.94 bits per heavy atom. The molecule has 0 unspecified atom stereocenters. The molecular weight excluding hydrogens is 448 g/mol. The van der Waals surface area contributed by atoms with Gasteiger partial charge in [-0.05, 0) is 62.6 Å². The van der Waals surface area contributed by atoms with Gasteiger partial charge in [-0.25, -0.2) is 9.97 Å². The number of carboxylic acids is 1. The van der Waals surface area contributed by atoms with Crippen LogP contribution in [0.1, 0.15) is 71.1 Å². The molecule has 1 amide bonds. The second-order valence-corrected chi connectivity index (χ2v) is 11.7. The molecule has 0 bridgehead atoms. The summed E-state index contributed by atoms with van der Waals surface area (Å²) in [6, 6.07) is 0. The summed E-state index contributed by atoms with van der Waals surface area (Å²) in [4.78, 5) is 37.0. The fourth-order valence-corrected chi connectivity index (χ4v) is 5.82. The van der Waals surface area contributed by atoms with Crippen LogP contribution in [-0.4, -0.2) is 43.0 Å². The number of carbonyl (C=O) groups excluding carboxylic acids is 1. The molecule has 0 radical (unpaired) electrons. The van der Waals surface area contributed by atoms with E-state index in [2.05, 4.69) is 25.3 Å². The minimum atomic E-state index is -0.824. The molecule has 0 saturated heterocycles. The monoisotopic (exact) mass is 482 g/mol. The van der Waals surface area contributed by atoms with E-state index in [1.165, 1.54) is 27.0 Å². The number of thiazole rings is 1. The number of aryl methyl sites for hydroxylation is 4. The molecule has 0 fully saturated rings. The summed E-state index contributed by atoms with van der Waals surface area (Å²) in [6.07, 6.45) is 3.71. The topological polar surface area (TPSA) is 88.3 Å². The van der Waals surface area contributed by atoms with Gasteiger partial charge >= 0.3 is 5.97 Å². The fraction of sp³-hybridized carbons (Fsp3) is 0.538. The third-order valence-corrected chi connectivity index (χ3v) is 8.01. The van der Waals surface area contributed by atoms with E-state index in [0.717, 1.165) is 28.5 Å². The van der Waals surface area contributed by atoms with Crippen LogP contribution in [0.4, 0.5) is 0 Å². The van der Waals surface area contributed by atoms with Crippen molar-refractivity contribution in [3.63, 3.8) is 0 Å². The molecule has 1 aliphatic heterocycles. The van der Waals surface area contributed by atoms with Gasteiger partial charge in [0.15, 0.2) is 0 Å². The van der Waals surface area contributed by atoms with Crippen LogP contribution in [0.2, 0.25) is 0 Å². The van der Waals surface area contributed by atoms with Gasteiger partial charge in [-0.3, -0.25) is 9.59 Å². The average Bonchev–Trinajstić information content (AvgIpc) is 3.24. The highest BCUT2D eigenvalue weighted by Gasteiger charge is 2.30. The maximum Gasteiger partial charge on any atom is 0.303 e. The van der Waals surface area contributed by atoms with Crippen LogP contribution < -0.4 is 0 Å². The van der Waals surface area contributed by atoms with E-state index in [1.54, 1.807) is 11.3 Å². The SMILES string of the molecule is Cc1nc(Cn2c3c(c4c(C)c(C)cnc42)CCN(C(=O)CCC(C)(C)CC(=O)O)C3)c(C)s1. The molecule has 7 nitrogen and oxygen atoms in total. The quantitative estimate of drug-likeness (QED) is 0.515. The molecule has 0 atom stereocenters. The van der Waals surface area contributed by atoms with Crippen molar-refractivity contribution in [2.45, 2.75) is 80.3 Å². The number of pyridine rings is 1. The van der Waals surface area contributed by atoms with E-state index in [1.807, 2.05) is 31.9 Å². The molecular formula is C26H34N4O3S. The van der Waals surface area contributed by atoms with Gasteiger partial charge in [0.05, 0.1) is 30.2 Å². The highest BCUT2D eigenvalue weighted by Crippen LogP contribution is 2.35. The summed E-state index contributed by atoms with van der Waals surface area (Å²) in [5.41, 5.74) is 6.48. The van der Waals surface area contributed by atoms with Crippen molar-refractivity contribution in [1.82, 2.24) is 19.4 Å². The van der Waals surface area contributed by atoms with Gasteiger partial charge in [-0.15, -0.1) is 11.3 Å².